The van der Waals surface area contributed by atoms with Crippen LogP contribution in [0.25, 0.3) is 0 Å². The molecule has 10 heteroatoms. The molecule has 0 aromatic carbocycles. The van der Waals surface area contributed by atoms with Crippen molar-refractivity contribution in [3.63, 3.8) is 0 Å². The zero-order chi connectivity index (χ0) is 15.2. The Morgan fingerprint density at radius 1 is 1.24 bits per heavy atom. The largest absolute Gasteiger partial charge is 0.367 e. The van der Waals surface area contributed by atoms with E-state index in [4.69, 9.17) is 0 Å². The molecule has 0 unspecified atom stereocenters. The van der Waals surface area contributed by atoms with Crippen LogP contribution in [0.5, 0.6) is 0 Å². The van der Waals surface area contributed by atoms with Gasteiger partial charge in [-0.25, -0.2) is 9.97 Å². The van der Waals surface area contributed by atoms with Crippen molar-refractivity contribution in [3.05, 3.63) is 46.5 Å². The normalized spacial score (nSPS) is 9.76. The minimum Gasteiger partial charge on any atom is -0.367 e. The van der Waals surface area contributed by atoms with Crippen LogP contribution in [-0.2, 0) is 0 Å². The summed E-state index contributed by atoms with van der Waals surface area (Å²) in [5, 5.41) is 13.6. The monoisotopic (exact) mass is 289 g/mol. The van der Waals surface area contributed by atoms with Crippen LogP contribution in [0.1, 0.15) is 10.4 Å². The van der Waals surface area contributed by atoms with Gasteiger partial charge in [0.15, 0.2) is 0 Å². The van der Waals surface area contributed by atoms with E-state index in [0.29, 0.717) is 5.56 Å². The summed E-state index contributed by atoms with van der Waals surface area (Å²) < 4.78 is 0. The Bertz CT molecular complexity index is 662. The van der Waals surface area contributed by atoms with Crippen molar-refractivity contribution in [2.24, 2.45) is 0 Å². The first kappa shape index (κ1) is 14.1. The van der Waals surface area contributed by atoms with Crippen molar-refractivity contribution in [3.8, 4) is 0 Å². The quantitative estimate of drug-likeness (QED) is 0.537. The van der Waals surface area contributed by atoms with E-state index in [2.05, 4.69) is 31.1 Å². The Morgan fingerprint density at radius 2 is 1.90 bits per heavy atom. The summed E-state index contributed by atoms with van der Waals surface area (Å²) >= 11 is 0. The number of hydrazine groups is 1. The summed E-state index contributed by atoms with van der Waals surface area (Å²) in [6.45, 7) is 0. The van der Waals surface area contributed by atoms with Gasteiger partial charge in [-0.1, -0.05) is 0 Å². The van der Waals surface area contributed by atoms with Gasteiger partial charge < -0.3 is 5.32 Å². The summed E-state index contributed by atoms with van der Waals surface area (Å²) in [6, 6.07) is 3.01. The number of carbonyl (C=O) groups excluding carboxylic acids is 1. The van der Waals surface area contributed by atoms with Crippen molar-refractivity contribution in [1.29, 1.82) is 0 Å². The number of nitrogens with zero attached hydrogens (tertiary/aromatic N) is 4. The highest BCUT2D eigenvalue weighted by Gasteiger charge is 2.22. The third-order valence-electron chi connectivity index (χ3n) is 2.48. The molecule has 0 aliphatic rings. The second kappa shape index (κ2) is 6.23. The van der Waals surface area contributed by atoms with Crippen LogP contribution >= 0.6 is 0 Å². The number of nitro groups is 1. The van der Waals surface area contributed by atoms with Crippen LogP contribution in [0.2, 0.25) is 0 Å². The van der Waals surface area contributed by atoms with Gasteiger partial charge in [0.05, 0.1) is 4.92 Å². The van der Waals surface area contributed by atoms with Gasteiger partial charge >= 0.3 is 5.69 Å². The molecule has 0 bridgehead atoms. The fourth-order valence-electron chi connectivity index (χ4n) is 1.52. The number of anilines is 2. The molecule has 108 valence electrons. The molecule has 1 amide bonds. The van der Waals surface area contributed by atoms with E-state index >= 15 is 0 Å². The van der Waals surface area contributed by atoms with Gasteiger partial charge in [-0.2, -0.15) is 0 Å². The Balaban J connectivity index is 2.17. The Hall–Kier alpha value is -3.30. The van der Waals surface area contributed by atoms with Gasteiger partial charge in [0.1, 0.15) is 6.33 Å². The van der Waals surface area contributed by atoms with E-state index in [0.717, 1.165) is 6.33 Å². The predicted octanol–water partition coefficient (Wildman–Crippen LogP) is 0.578. The standard InChI is InChI=1S/C11H11N7O3/c1-12-9-8(18(20)21)10(15-6-14-9)16-17-11(19)7-2-4-13-5-3-7/h2-6H,1H3,(H,17,19)(H2,12,14,15,16). The zero-order valence-corrected chi connectivity index (χ0v) is 10.9. The van der Waals surface area contributed by atoms with E-state index < -0.39 is 10.8 Å². The average Bonchev–Trinajstić information content (AvgIpc) is 2.52. The first-order valence-corrected chi connectivity index (χ1v) is 5.77. The Morgan fingerprint density at radius 3 is 2.52 bits per heavy atom. The maximum absolute atomic E-state index is 11.8. The average molecular weight is 289 g/mol. The second-order valence-electron chi connectivity index (χ2n) is 3.74. The molecule has 21 heavy (non-hydrogen) atoms. The lowest BCUT2D eigenvalue weighted by atomic mass is 10.3. The molecule has 3 N–H and O–H groups in total. The fourth-order valence-corrected chi connectivity index (χ4v) is 1.52. The zero-order valence-electron chi connectivity index (χ0n) is 10.9. The summed E-state index contributed by atoms with van der Waals surface area (Å²) in [4.78, 5) is 33.5. The number of nitrogens with one attached hydrogen (secondary N) is 3. The van der Waals surface area contributed by atoms with Gasteiger partial charge in [0.2, 0.25) is 11.6 Å². The van der Waals surface area contributed by atoms with Crippen molar-refractivity contribution >= 4 is 23.2 Å². The van der Waals surface area contributed by atoms with E-state index in [1.54, 1.807) is 0 Å². The van der Waals surface area contributed by atoms with Crippen LogP contribution in [0, 0.1) is 10.1 Å². The van der Waals surface area contributed by atoms with Crippen molar-refractivity contribution in [2.75, 3.05) is 17.8 Å². The summed E-state index contributed by atoms with van der Waals surface area (Å²) in [5.74, 6) is -0.561. The lowest BCUT2D eigenvalue weighted by Gasteiger charge is -2.09. The molecule has 0 aliphatic carbocycles. The topological polar surface area (TPSA) is 135 Å². The number of amides is 1. The molecule has 0 atom stereocenters. The third-order valence-corrected chi connectivity index (χ3v) is 2.48. The molecule has 0 fully saturated rings. The van der Waals surface area contributed by atoms with Crippen molar-refractivity contribution < 1.29 is 9.72 Å². The summed E-state index contributed by atoms with van der Waals surface area (Å²) in [5.41, 5.74) is 4.72. The maximum atomic E-state index is 11.8. The smallest absolute Gasteiger partial charge is 0.354 e. The number of hydrogen-bond donors (Lipinski definition) is 3. The van der Waals surface area contributed by atoms with E-state index in [1.807, 2.05) is 0 Å². The molecule has 2 aromatic heterocycles. The van der Waals surface area contributed by atoms with Gasteiger partial charge in [0.25, 0.3) is 5.91 Å². The van der Waals surface area contributed by atoms with Crippen LogP contribution in [-0.4, -0.2) is 32.8 Å². The second-order valence-corrected chi connectivity index (χ2v) is 3.74. The minimum atomic E-state index is -0.646. The van der Waals surface area contributed by atoms with Crippen LogP contribution in [0.3, 0.4) is 0 Å². The number of pyridine rings is 1. The number of carbonyl (C=O) groups is 1. The number of rotatable bonds is 5. The van der Waals surface area contributed by atoms with E-state index in [9.17, 15) is 14.9 Å². The van der Waals surface area contributed by atoms with Gasteiger partial charge in [-0.15, -0.1) is 0 Å². The summed E-state index contributed by atoms with van der Waals surface area (Å²) in [6.07, 6.45) is 4.06. The van der Waals surface area contributed by atoms with Crippen molar-refractivity contribution in [1.82, 2.24) is 20.4 Å². The van der Waals surface area contributed by atoms with Gasteiger partial charge in [-0.3, -0.25) is 30.7 Å². The van der Waals surface area contributed by atoms with Crippen LogP contribution in [0.4, 0.5) is 17.3 Å². The molecule has 0 spiro atoms. The lowest BCUT2D eigenvalue weighted by molar-refractivity contribution is -0.383. The first-order chi connectivity index (χ1) is 10.1. The molecule has 2 rings (SSSR count). The molecular weight excluding hydrogens is 278 g/mol. The van der Waals surface area contributed by atoms with E-state index in [1.165, 1.54) is 31.6 Å². The molecule has 0 aliphatic heterocycles. The fraction of sp³-hybridized carbons (Fsp3) is 0.0909. The molecule has 2 heterocycles. The van der Waals surface area contributed by atoms with Crippen LogP contribution in [0.15, 0.2) is 30.9 Å². The number of hydrogen-bond acceptors (Lipinski definition) is 8. The van der Waals surface area contributed by atoms with Crippen LogP contribution < -0.4 is 16.2 Å². The SMILES string of the molecule is CNc1ncnc(NNC(=O)c2ccncc2)c1[N+](=O)[O-]. The van der Waals surface area contributed by atoms with E-state index in [-0.39, 0.29) is 17.3 Å². The highest BCUT2D eigenvalue weighted by molar-refractivity contribution is 5.94. The number of aromatic nitrogens is 3. The highest BCUT2D eigenvalue weighted by atomic mass is 16.6. The molecule has 2 aromatic rings. The maximum Gasteiger partial charge on any atom is 0.354 e. The molecule has 0 saturated heterocycles. The lowest BCUT2D eigenvalue weighted by Crippen LogP contribution is -2.30. The first-order valence-electron chi connectivity index (χ1n) is 5.77. The van der Waals surface area contributed by atoms with Gasteiger partial charge in [0, 0.05) is 25.0 Å². The third kappa shape index (κ3) is 3.18. The molecule has 0 radical (unpaired) electrons. The molecule has 10 nitrogen and oxygen atoms in total. The summed E-state index contributed by atoms with van der Waals surface area (Å²) in [7, 11) is 1.49. The Kier molecular flexibility index (Phi) is 4.19. The molecular formula is C11H11N7O3. The van der Waals surface area contributed by atoms with Gasteiger partial charge in [-0.05, 0) is 12.1 Å². The predicted molar refractivity (Wildman–Crippen MR) is 73.6 cm³/mol. The Labute approximate surface area is 118 Å². The molecule has 0 saturated carbocycles. The minimum absolute atomic E-state index is 0.0376. The highest BCUT2D eigenvalue weighted by Crippen LogP contribution is 2.27. The van der Waals surface area contributed by atoms with Crippen molar-refractivity contribution in [2.45, 2.75) is 0 Å².